The van der Waals surface area contributed by atoms with E-state index in [9.17, 15) is 4.21 Å². The molecule has 1 aromatic rings. The van der Waals surface area contributed by atoms with E-state index in [0.29, 0.717) is 6.54 Å². The first-order valence-electron chi connectivity index (χ1n) is 5.07. The normalized spacial score (nSPS) is 11.5. The molecule has 4 heteroatoms. The molecule has 0 aliphatic rings. The van der Waals surface area contributed by atoms with E-state index in [1.54, 1.807) is 0 Å². The van der Waals surface area contributed by atoms with Crippen molar-refractivity contribution in [2.75, 3.05) is 13.2 Å². The molecule has 0 heterocycles. The summed E-state index contributed by atoms with van der Waals surface area (Å²) < 4.78 is 14.1. The molecule has 0 saturated carbocycles. The fourth-order valence-corrected chi connectivity index (χ4v) is 1.71. The Hall–Kier alpha value is -0.710. The second kappa shape index (κ2) is 8.59. The van der Waals surface area contributed by atoms with Crippen molar-refractivity contribution in [2.45, 2.75) is 25.7 Å². The van der Waals surface area contributed by atoms with Gasteiger partial charge in [-0.3, -0.25) is 0 Å². The van der Waals surface area contributed by atoms with Crippen LogP contribution in [0.1, 0.15) is 19.4 Å². The third-order valence-electron chi connectivity index (χ3n) is 1.58. The molecule has 0 fully saturated rings. The topological polar surface area (TPSA) is 49.3 Å². The van der Waals surface area contributed by atoms with E-state index < -0.39 is 11.0 Å². The Kier molecular flexibility index (Phi) is 8.18. The Bertz CT molecular complexity index is 285. The highest BCUT2D eigenvalue weighted by molar-refractivity contribution is 7.83. The van der Waals surface area contributed by atoms with E-state index in [-0.39, 0.29) is 6.61 Å². The average molecular weight is 229 g/mol. The van der Waals surface area contributed by atoms with Crippen molar-refractivity contribution in [3.8, 4) is 0 Å². The predicted molar refractivity (Wildman–Crippen MR) is 64.0 cm³/mol. The molecule has 1 unspecified atom stereocenters. The summed E-state index contributed by atoms with van der Waals surface area (Å²) in [5.41, 5.74) is 1.14. The lowest BCUT2D eigenvalue weighted by atomic mass is 10.2. The summed E-state index contributed by atoms with van der Waals surface area (Å²) in [4.78, 5) is 0.735. The van der Waals surface area contributed by atoms with Crippen LogP contribution in [-0.2, 0) is 11.0 Å². The molecule has 15 heavy (non-hydrogen) atoms. The summed E-state index contributed by atoms with van der Waals surface area (Å²) in [6, 6.07) is 7.45. The van der Waals surface area contributed by atoms with E-state index >= 15 is 0 Å². The second-order valence-corrected chi connectivity index (χ2v) is 4.00. The third kappa shape index (κ3) is 5.67. The number of rotatable bonds is 4. The first-order valence-corrected chi connectivity index (χ1v) is 6.22. The van der Waals surface area contributed by atoms with Gasteiger partial charge in [-0.15, -0.1) is 0 Å². The van der Waals surface area contributed by atoms with Gasteiger partial charge in [0.15, 0.2) is 0 Å². The van der Waals surface area contributed by atoms with Crippen molar-refractivity contribution in [3.05, 3.63) is 29.8 Å². The molecule has 0 saturated heterocycles. The van der Waals surface area contributed by atoms with Crippen LogP contribution in [0.15, 0.2) is 29.2 Å². The van der Waals surface area contributed by atoms with Crippen molar-refractivity contribution < 1.29 is 9.32 Å². The average Bonchev–Trinajstić information content (AvgIpc) is 2.29. The van der Waals surface area contributed by atoms with E-state index in [1.165, 1.54) is 0 Å². The van der Waals surface area contributed by atoms with Crippen LogP contribution in [0.4, 0.5) is 0 Å². The smallest absolute Gasteiger partial charge is 0.124 e. The number of hydrogen-bond acceptors (Lipinski definition) is 2. The molecule has 2 N–H and O–H groups in total. The van der Waals surface area contributed by atoms with E-state index in [0.717, 1.165) is 10.5 Å². The minimum Gasteiger partial charge on any atom is -0.395 e. The zero-order chi connectivity index (χ0) is 11.7. The lowest BCUT2D eigenvalue weighted by Gasteiger charge is -2.02. The van der Waals surface area contributed by atoms with Crippen molar-refractivity contribution in [1.29, 1.82) is 0 Å². The lowest BCUT2D eigenvalue weighted by Crippen LogP contribution is -2.20. The molecule has 0 aliphatic heterocycles. The Morgan fingerprint density at radius 1 is 1.27 bits per heavy atom. The third-order valence-corrected chi connectivity index (χ3v) is 2.75. The van der Waals surface area contributed by atoms with Crippen LogP contribution in [0.3, 0.4) is 0 Å². The van der Waals surface area contributed by atoms with Gasteiger partial charge >= 0.3 is 0 Å². The largest absolute Gasteiger partial charge is 0.395 e. The maximum Gasteiger partial charge on any atom is 0.124 e. The molecular formula is C11H19NO2S. The Balaban J connectivity index is 0.000000921. The SMILES string of the molecule is CC.Cc1ccc(S(=O)NCCO)cc1. The number of hydrogen-bond donors (Lipinski definition) is 2. The number of nitrogens with one attached hydrogen (secondary N) is 1. The first kappa shape index (κ1) is 14.3. The Morgan fingerprint density at radius 2 is 1.80 bits per heavy atom. The van der Waals surface area contributed by atoms with Crippen molar-refractivity contribution in [3.63, 3.8) is 0 Å². The van der Waals surface area contributed by atoms with Gasteiger partial charge < -0.3 is 5.11 Å². The molecule has 0 aromatic heterocycles. The van der Waals surface area contributed by atoms with Crippen LogP contribution in [0.5, 0.6) is 0 Å². The monoisotopic (exact) mass is 229 g/mol. The molecule has 1 rings (SSSR count). The molecule has 0 bridgehead atoms. The molecule has 0 amide bonds. The van der Waals surface area contributed by atoms with Gasteiger partial charge in [0, 0.05) is 6.54 Å². The molecular weight excluding hydrogens is 210 g/mol. The summed E-state index contributed by atoms with van der Waals surface area (Å²) in [6.07, 6.45) is 0. The second-order valence-electron chi connectivity index (χ2n) is 2.70. The number of aliphatic hydroxyl groups is 1. The van der Waals surface area contributed by atoms with Gasteiger partial charge in [0.2, 0.25) is 0 Å². The molecule has 0 aliphatic carbocycles. The van der Waals surface area contributed by atoms with Crippen molar-refractivity contribution in [1.82, 2.24) is 4.72 Å². The Labute approximate surface area is 94.1 Å². The highest BCUT2D eigenvalue weighted by Gasteiger charge is 2.00. The summed E-state index contributed by atoms with van der Waals surface area (Å²) in [6.45, 7) is 6.33. The zero-order valence-corrected chi connectivity index (χ0v) is 10.3. The first-order chi connectivity index (χ1) is 7.24. The van der Waals surface area contributed by atoms with Crippen LogP contribution in [0, 0.1) is 6.92 Å². The van der Waals surface area contributed by atoms with Gasteiger partial charge in [-0.1, -0.05) is 31.5 Å². The molecule has 0 radical (unpaired) electrons. The van der Waals surface area contributed by atoms with E-state index in [1.807, 2.05) is 45.0 Å². The highest BCUT2D eigenvalue weighted by Crippen LogP contribution is 2.05. The zero-order valence-electron chi connectivity index (χ0n) is 9.49. The molecule has 0 spiro atoms. The number of benzene rings is 1. The van der Waals surface area contributed by atoms with Crippen LogP contribution in [-0.4, -0.2) is 22.5 Å². The number of aliphatic hydroxyl groups excluding tert-OH is 1. The van der Waals surface area contributed by atoms with E-state index in [4.69, 9.17) is 5.11 Å². The summed E-state index contributed by atoms with van der Waals surface area (Å²) in [5, 5.41) is 8.51. The predicted octanol–water partition coefficient (Wildman–Crippen LogP) is 1.63. The van der Waals surface area contributed by atoms with Crippen LogP contribution >= 0.6 is 0 Å². The van der Waals surface area contributed by atoms with Gasteiger partial charge in [0.1, 0.15) is 11.0 Å². The van der Waals surface area contributed by atoms with Gasteiger partial charge in [0.05, 0.1) is 11.5 Å². The number of aryl methyl sites for hydroxylation is 1. The van der Waals surface area contributed by atoms with Gasteiger partial charge in [-0.25, -0.2) is 8.93 Å². The van der Waals surface area contributed by atoms with E-state index in [2.05, 4.69) is 4.72 Å². The maximum absolute atomic E-state index is 11.4. The molecule has 86 valence electrons. The van der Waals surface area contributed by atoms with Crippen LogP contribution in [0.25, 0.3) is 0 Å². The van der Waals surface area contributed by atoms with Gasteiger partial charge in [0.25, 0.3) is 0 Å². The Morgan fingerprint density at radius 3 is 2.27 bits per heavy atom. The minimum absolute atomic E-state index is 0.00238. The molecule has 1 aromatic carbocycles. The van der Waals surface area contributed by atoms with Crippen molar-refractivity contribution in [2.24, 2.45) is 0 Å². The molecule has 1 atom stereocenters. The molecule has 3 nitrogen and oxygen atoms in total. The van der Waals surface area contributed by atoms with Crippen LogP contribution in [0.2, 0.25) is 0 Å². The maximum atomic E-state index is 11.4. The quantitative estimate of drug-likeness (QED) is 0.824. The fraction of sp³-hybridized carbons (Fsp3) is 0.455. The fourth-order valence-electron chi connectivity index (χ4n) is 0.884. The summed E-state index contributed by atoms with van der Waals surface area (Å²) in [5.74, 6) is 0. The van der Waals surface area contributed by atoms with Gasteiger partial charge in [-0.05, 0) is 19.1 Å². The van der Waals surface area contributed by atoms with Crippen molar-refractivity contribution >= 4 is 11.0 Å². The lowest BCUT2D eigenvalue weighted by molar-refractivity contribution is 0.302. The minimum atomic E-state index is -1.20. The van der Waals surface area contributed by atoms with Gasteiger partial charge in [-0.2, -0.15) is 0 Å². The highest BCUT2D eigenvalue weighted by atomic mass is 32.2. The summed E-state index contributed by atoms with van der Waals surface area (Å²) in [7, 11) is -1.20. The standard InChI is InChI=1S/C9H13NO2S.C2H6/c1-8-2-4-9(5-3-8)13(12)10-6-7-11;1-2/h2-5,10-11H,6-7H2,1H3;1-2H3. The van der Waals surface area contributed by atoms with Crippen LogP contribution < -0.4 is 4.72 Å². The summed E-state index contributed by atoms with van der Waals surface area (Å²) >= 11 is 0.